The fourth-order valence-electron chi connectivity index (χ4n) is 2.77. The molecule has 1 aliphatic rings. The van der Waals surface area contributed by atoms with Crippen molar-refractivity contribution >= 4 is 42.1 Å². The van der Waals surface area contributed by atoms with Crippen molar-refractivity contribution in [3.05, 3.63) is 21.9 Å². The lowest BCUT2D eigenvalue weighted by molar-refractivity contribution is -0.122. The summed E-state index contributed by atoms with van der Waals surface area (Å²) in [5.41, 5.74) is 7.35. The van der Waals surface area contributed by atoms with Crippen LogP contribution in [-0.4, -0.2) is 36.0 Å². The quantitative estimate of drug-likeness (QED) is 0.796. The summed E-state index contributed by atoms with van der Waals surface area (Å²) < 4.78 is 0. The van der Waals surface area contributed by atoms with Crippen LogP contribution in [0.4, 0.5) is 0 Å². The van der Waals surface area contributed by atoms with Crippen molar-refractivity contribution in [1.29, 1.82) is 0 Å². The molecular weight excluding hydrogens is 353 g/mol. The van der Waals surface area contributed by atoms with Crippen LogP contribution in [0.1, 0.15) is 37.6 Å². The number of carbonyl (C=O) groups excluding carboxylic acids is 1. The van der Waals surface area contributed by atoms with Gasteiger partial charge in [-0.25, -0.2) is 0 Å². The van der Waals surface area contributed by atoms with E-state index in [1.165, 1.54) is 10.4 Å². The number of halogens is 2. The summed E-state index contributed by atoms with van der Waals surface area (Å²) in [6, 6.07) is 2.17. The van der Waals surface area contributed by atoms with Gasteiger partial charge in [0.25, 0.3) is 0 Å². The molecule has 0 saturated heterocycles. The smallest absolute Gasteiger partial charge is 0.236 e. The standard InChI is InChI=1S/C16H27N3OS.2ClH/c1-11(2)8-14(17)16(20)18-9-12(3)19-6-4-15-13(10-19)5-7-21-15;;/h5,7,11-12,14H,4,6,8-10,17H2,1-3H3,(H,18,20);2*1H/t12?,14-;;/m0../s1. The summed E-state index contributed by atoms with van der Waals surface area (Å²) in [6.45, 7) is 9.08. The van der Waals surface area contributed by atoms with Crippen molar-refractivity contribution < 1.29 is 4.79 Å². The zero-order chi connectivity index (χ0) is 15.4. The van der Waals surface area contributed by atoms with Crippen LogP contribution in [0.5, 0.6) is 0 Å². The van der Waals surface area contributed by atoms with E-state index in [1.54, 1.807) is 0 Å². The van der Waals surface area contributed by atoms with E-state index in [-0.39, 0.29) is 36.8 Å². The SMILES string of the molecule is CC(C)C[C@H](N)C(=O)NCC(C)N1CCc2sccc2C1.Cl.Cl. The van der Waals surface area contributed by atoms with Crippen molar-refractivity contribution in [2.75, 3.05) is 13.1 Å². The van der Waals surface area contributed by atoms with Crippen molar-refractivity contribution in [1.82, 2.24) is 10.2 Å². The normalized spacial score (nSPS) is 16.7. The van der Waals surface area contributed by atoms with E-state index in [4.69, 9.17) is 5.73 Å². The van der Waals surface area contributed by atoms with E-state index in [0.29, 0.717) is 18.5 Å². The molecule has 2 heterocycles. The van der Waals surface area contributed by atoms with Gasteiger partial charge in [-0.05, 0) is 42.7 Å². The Morgan fingerprint density at radius 3 is 2.74 bits per heavy atom. The lowest BCUT2D eigenvalue weighted by Gasteiger charge is -2.32. The molecule has 4 nitrogen and oxygen atoms in total. The van der Waals surface area contributed by atoms with E-state index in [9.17, 15) is 4.79 Å². The van der Waals surface area contributed by atoms with Crippen molar-refractivity contribution in [3.63, 3.8) is 0 Å². The molecule has 1 unspecified atom stereocenters. The second kappa shape index (κ2) is 10.5. The Labute approximate surface area is 156 Å². The fraction of sp³-hybridized carbons (Fsp3) is 0.688. The van der Waals surface area contributed by atoms with Crippen LogP contribution in [-0.2, 0) is 17.8 Å². The van der Waals surface area contributed by atoms with Gasteiger partial charge < -0.3 is 11.1 Å². The molecule has 134 valence electrons. The van der Waals surface area contributed by atoms with E-state index in [0.717, 1.165) is 25.9 Å². The molecule has 0 radical (unpaired) electrons. The first-order valence-electron chi connectivity index (χ1n) is 7.80. The van der Waals surface area contributed by atoms with Crippen molar-refractivity contribution in [3.8, 4) is 0 Å². The number of nitrogens with two attached hydrogens (primary N) is 1. The first-order chi connectivity index (χ1) is 9.97. The number of hydrogen-bond donors (Lipinski definition) is 2. The Bertz CT molecular complexity index is 482. The number of thiophene rings is 1. The van der Waals surface area contributed by atoms with Crippen LogP contribution < -0.4 is 11.1 Å². The number of carbonyl (C=O) groups is 1. The van der Waals surface area contributed by atoms with Crippen LogP contribution in [0.2, 0.25) is 0 Å². The Balaban J connectivity index is 0.00000242. The zero-order valence-corrected chi connectivity index (χ0v) is 16.5. The molecule has 1 aromatic rings. The fourth-order valence-corrected chi connectivity index (χ4v) is 3.66. The van der Waals surface area contributed by atoms with Gasteiger partial charge in [0.2, 0.25) is 5.91 Å². The number of rotatable bonds is 6. The van der Waals surface area contributed by atoms with Gasteiger partial charge >= 0.3 is 0 Å². The average Bonchev–Trinajstić information content (AvgIpc) is 2.90. The van der Waals surface area contributed by atoms with Gasteiger partial charge in [-0.15, -0.1) is 36.2 Å². The van der Waals surface area contributed by atoms with E-state index in [1.807, 2.05) is 11.3 Å². The number of nitrogens with zero attached hydrogens (tertiary/aromatic N) is 1. The minimum Gasteiger partial charge on any atom is -0.353 e. The van der Waals surface area contributed by atoms with E-state index in [2.05, 4.69) is 42.4 Å². The lowest BCUT2D eigenvalue weighted by atomic mass is 10.0. The number of nitrogens with one attached hydrogen (secondary N) is 1. The summed E-state index contributed by atoms with van der Waals surface area (Å²) in [4.78, 5) is 15.9. The first kappa shape index (κ1) is 22.7. The molecule has 7 heteroatoms. The molecule has 0 aliphatic carbocycles. The van der Waals surface area contributed by atoms with Crippen LogP contribution >= 0.6 is 36.2 Å². The highest BCUT2D eigenvalue weighted by Gasteiger charge is 2.22. The molecule has 2 rings (SSSR count). The van der Waals surface area contributed by atoms with Gasteiger partial charge in [-0.2, -0.15) is 0 Å². The molecule has 1 aromatic heterocycles. The molecular formula is C16H29Cl2N3OS. The van der Waals surface area contributed by atoms with Gasteiger partial charge in [-0.3, -0.25) is 9.69 Å². The summed E-state index contributed by atoms with van der Waals surface area (Å²) >= 11 is 1.85. The summed E-state index contributed by atoms with van der Waals surface area (Å²) in [6.07, 6.45) is 1.86. The second-order valence-corrected chi connectivity index (χ2v) is 7.42. The molecule has 1 aliphatic heterocycles. The van der Waals surface area contributed by atoms with Crippen LogP contribution in [0.15, 0.2) is 11.4 Å². The lowest BCUT2D eigenvalue weighted by Crippen LogP contribution is -2.48. The van der Waals surface area contributed by atoms with Gasteiger partial charge in [0.1, 0.15) is 0 Å². The molecule has 0 saturated carbocycles. The van der Waals surface area contributed by atoms with Gasteiger partial charge in [0.15, 0.2) is 0 Å². The molecule has 0 spiro atoms. The third-order valence-corrected chi connectivity index (χ3v) is 5.12. The highest BCUT2D eigenvalue weighted by atomic mass is 35.5. The highest BCUT2D eigenvalue weighted by Crippen LogP contribution is 2.24. The van der Waals surface area contributed by atoms with Crippen molar-refractivity contribution in [2.24, 2.45) is 11.7 Å². The van der Waals surface area contributed by atoms with E-state index >= 15 is 0 Å². The maximum Gasteiger partial charge on any atom is 0.236 e. The van der Waals surface area contributed by atoms with Gasteiger partial charge in [0.05, 0.1) is 6.04 Å². The third-order valence-electron chi connectivity index (χ3n) is 4.09. The molecule has 23 heavy (non-hydrogen) atoms. The topological polar surface area (TPSA) is 58.4 Å². The molecule has 0 aromatic carbocycles. The Morgan fingerprint density at radius 1 is 1.39 bits per heavy atom. The minimum absolute atomic E-state index is 0. The predicted octanol–water partition coefficient (Wildman–Crippen LogP) is 2.83. The summed E-state index contributed by atoms with van der Waals surface area (Å²) in [5.74, 6) is 0.422. The maximum atomic E-state index is 12.0. The third kappa shape index (κ3) is 6.59. The van der Waals surface area contributed by atoms with E-state index < -0.39 is 0 Å². The summed E-state index contributed by atoms with van der Waals surface area (Å²) in [7, 11) is 0. The van der Waals surface area contributed by atoms with Gasteiger partial charge in [0, 0.05) is 30.6 Å². The maximum absolute atomic E-state index is 12.0. The average molecular weight is 382 g/mol. The van der Waals surface area contributed by atoms with Crippen LogP contribution in [0.25, 0.3) is 0 Å². The number of amides is 1. The molecule has 0 fully saturated rings. The first-order valence-corrected chi connectivity index (χ1v) is 8.68. The largest absolute Gasteiger partial charge is 0.353 e. The van der Waals surface area contributed by atoms with Crippen molar-refractivity contribution in [2.45, 2.75) is 52.2 Å². The molecule has 3 N–H and O–H groups in total. The zero-order valence-electron chi connectivity index (χ0n) is 14.1. The summed E-state index contributed by atoms with van der Waals surface area (Å²) in [5, 5.41) is 5.17. The highest BCUT2D eigenvalue weighted by molar-refractivity contribution is 7.10. The minimum atomic E-state index is -0.387. The molecule has 1 amide bonds. The number of hydrogen-bond acceptors (Lipinski definition) is 4. The van der Waals surface area contributed by atoms with Gasteiger partial charge in [-0.1, -0.05) is 13.8 Å². The molecule has 0 bridgehead atoms. The number of fused-ring (bicyclic) bond motifs is 1. The van der Waals surface area contributed by atoms with Crippen LogP contribution in [0, 0.1) is 5.92 Å². The Morgan fingerprint density at radius 2 is 2.09 bits per heavy atom. The Kier molecular flexibility index (Phi) is 10.4. The Hall–Kier alpha value is -0.330. The van der Waals surface area contributed by atoms with Crippen LogP contribution in [0.3, 0.4) is 0 Å². The predicted molar refractivity (Wildman–Crippen MR) is 103 cm³/mol. The monoisotopic (exact) mass is 381 g/mol. The second-order valence-electron chi connectivity index (χ2n) is 6.42. The molecule has 2 atom stereocenters.